The van der Waals surface area contributed by atoms with Gasteiger partial charge in [-0.15, -0.1) is 0 Å². The Morgan fingerprint density at radius 1 is 0.598 bits per heavy atom. The highest BCUT2D eigenvalue weighted by Crippen LogP contribution is 2.52. The van der Waals surface area contributed by atoms with E-state index in [4.69, 9.17) is 55.9 Å². The van der Waals surface area contributed by atoms with Crippen LogP contribution in [0.1, 0.15) is 160 Å². The van der Waals surface area contributed by atoms with E-state index in [-0.39, 0.29) is 60.0 Å². The van der Waals surface area contributed by atoms with Gasteiger partial charge in [-0.2, -0.15) is 0 Å². The normalized spacial score (nSPS) is 25.9. The van der Waals surface area contributed by atoms with Crippen LogP contribution >= 0.6 is 0 Å². The van der Waals surface area contributed by atoms with Crippen LogP contribution in [0.4, 0.5) is 0 Å². The van der Waals surface area contributed by atoms with Gasteiger partial charge in [-0.25, -0.2) is 0 Å². The van der Waals surface area contributed by atoms with Crippen LogP contribution in [0.15, 0.2) is 126 Å². The van der Waals surface area contributed by atoms with Crippen LogP contribution in [0.2, 0.25) is 92.7 Å². The van der Waals surface area contributed by atoms with Gasteiger partial charge >= 0.3 is 5.97 Å². The lowest BCUT2D eigenvalue weighted by molar-refractivity contribution is -0.363. The van der Waals surface area contributed by atoms with E-state index in [1.807, 2.05) is 39.0 Å². The van der Waals surface area contributed by atoms with Crippen molar-refractivity contribution in [3.63, 3.8) is 0 Å². The number of Topliss-reactive ketones (excluding diaryl/α,β-unsaturated/α-hetero) is 1. The van der Waals surface area contributed by atoms with Crippen LogP contribution < -0.4 is 10.4 Å². The van der Waals surface area contributed by atoms with Gasteiger partial charge in [0.05, 0.1) is 69.0 Å². The zero-order valence-electron chi connectivity index (χ0n) is 68.0. The van der Waals surface area contributed by atoms with E-state index in [0.717, 1.165) is 28.8 Å². The van der Waals surface area contributed by atoms with Crippen LogP contribution in [0, 0.1) is 10.8 Å². The van der Waals surface area contributed by atoms with E-state index >= 15 is 9.59 Å². The Kier molecular flexibility index (Phi) is 31.9. The van der Waals surface area contributed by atoms with E-state index in [1.54, 1.807) is 7.11 Å². The summed E-state index contributed by atoms with van der Waals surface area (Å²) in [6.45, 7) is 56.2. The van der Waals surface area contributed by atoms with Gasteiger partial charge in [0.25, 0.3) is 8.32 Å². The maximum atomic E-state index is 15.8. The first-order chi connectivity index (χ1) is 47.3. The van der Waals surface area contributed by atoms with Crippen molar-refractivity contribution in [3.05, 3.63) is 132 Å². The highest BCUT2D eigenvalue weighted by molar-refractivity contribution is 6.99. The van der Waals surface area contributed by atoms with Gasteiger partial charge in [0.2, 0.25) is 0 Å². The molecule has 3 aliphatic rings. The van der Waals surface area contributed by atoms with Crippen molar-refractivity contribution in [2.24, 2.45) is 10.8 Å². The van der Waals surface area contributed by atoms with E-state index in [2.05, 4.69) is 239 Å². The lowest BCUT2D eigenvalue weighted by Crippen LogP contribution is -2.66. The Bertz CT molecular complexity index is 3100. The molecule has 2 fully saturated rings. The fraction of sp³-hybridized carbons (Fsp3) is 0.687. The minimum absolute atomic E-state index is 0.0145. The van der Waals surface area contributed by atoms with Crippen LogP contribution in [-0.2, 0) is 72.1 Å². The number of rotatable bonds is 27. The Balaban J connectivity index is 1.55. The molecule has 3 aromatic rings. The monoisotopic (exact) mass is 1500 g/mol. The molecule has 6 rings (SSSR count). The number of carbonyl (C=O) groups excluding carboxylic acids is 2. The quantitative estimate of drug-likeness (QED) is 0.0235. The molecule has 0 spiro atoms. The number of hydrogen-bond acceptors (Lipinski definition) is 14. The molecule has 3 heterocycles. The molecule has 0 amide bonds. The molecule has 0 N–H and O–H groups in total. The molecule has 9 atom stereocenters. The van der Waals surface area contributed by atoms with Gasteiger partial charge in [0.1, 0.15) is 25.5 Å². The van der Waals surface area contributed by atoms with Crippen molar-refractivity contribution in [3.8, 4) is 0 Å². The molecule has 0 unspecified atom stereocenters. The van der Waals surface area contributed by atoms with Gasteiger partial charge in [0, 0.05) is 79.4 Å². The van der Waals surface area contributed by atoms with Crippen LogP contribution in [0.25, 0.3) is 0 Å². The Labute approximate surface area is 623 Å². The van der Waals surface area contributed by atoms with E-state index in [9.17, 15) is 0 Å². The van der Waals surface area contributed by atoms with Gasteiger partial charge < -0.3 is 55.9 Å². The average Bonchev–Trinajstić information content (AvgIpc) is 0.762. The van der Waals surface area contributed by atoms with Crippen molar-refractivity contribution < 1.29 is 65.5 Å². The molecule has 0 aliphatic carbocycles. The Hall–Kier alpha value is -3.34. The highest BCUT2D eigenvalue weighted by Gasteiger charge is 2.59. The summed E-state index contributed by atoms with van der Waals surface area (Å²) in [5, 5.41) is 1.69. The topological polar surface area (TPSA) is 145 Å². The summed E-state index contributed by atoms with van der Waals surface area (Å²) >= 11 is 0. The van der Waals surface area contributed by atoms with Crippen LogP contribution in [-0.4, -0.2) is 155 Å². The fourth-order valence-electron chi connectivity index (χ4n) is 13.6. The molecule has 102 heavy (non-hydrogen) atoms. The maximum Gasteiger partial charge on any atom is 0.308 e. The second kappa shape index (κ2) is 37.2. The molecule has 3 aliphatic heterocycles. The maximum absolute atomic E-state index is 15.8. The lowest BCUT2D eigenvalue weighted by Gasteiger charge is -2.56. The second-order valence-corrected chi connectivity index (χ2v) is 62.1. The molecule has 0 aromatic heterocycles. The number of esters is 1. The third kappa shape index (κ3) is 25.7. The third-order valence-electron chi connectivity index (χ3n) is 22.3. The molecular weight excluding hydrogens is 1360 g/mol. The fourth-order valence-corrected chi connectivity index (χ4v) is 22.4. The van der Waals surface area contributed by atoms with E-state index in [0.29, 0.717) is 71.4 Å². The number of allylic oxidation sites excluding steroid dienone is 1. The van der Waals surface area contributed by atoms with Crippen LogP contribution in [0.3, 0.4) is 0 Å². The largest absolute Gasteiger partial charge is 0.459 e. The van der Waals surface area contributed by atoms with Gasteiger partial charge in [-0.1, -0.05) is 242 Å². The summed E-state index contributed by atoms with van der Waals surface area (Å²) < 4.78 is 83.7. The zero-order valence-corrected chi connectivity index (χ0v) is 73.0. The van der Waals surface area contributed by atoms with Gasteiger partial charge in [-0.3, -0.25) is 9.59 Å². The summed E-state index contributed by atoms with van der Waals surface area (Å²) in [6, 6.07) is 33.6. The molecule has 19 heteroatoms. The highest BCUT2D eigenvalue weighted by atomic mass is 28.4. The molecular formula is C83H138O14Si5. The summed E-state index contributed by atoms with van der Waals surface area (Å²) in [4.78, 5) is 31.3. The predicted octanol–water partition coefficient (Wildman–Crippen LogP) is 19.0. The van der Waals surface area contributed by atoms with Crippen molar-refractivity contribution >= 4 is 63.2 Å². The summed E-state index contributed by atoms with van der Waals surface area (Å²) in [6.07, 6.45) is 7.26. The minimum Gasteiger partial charge on any atom is -0.459 e. The average molecular weight is 1500 g/mol. The zero-order chi connectivity index (χ0) is 75.8. The number of benzene rings is 3. The van der Waals surface area contributed by atoms with E-state index < -0.39 is 106 Å². The molecule has 2 saturated heterocycles. The first-order valence-corrected chi connectivity index (χ1v) is 53.2. The van der Waals surface area contributed by atoms with Crippen molar-refractivity contribution in [1.29, 1.82) is 0 Å². The summed E-state index contributed by atoms with van der Waals surface area (Å²) in [5.74, 6) is -1.67. The molecule has 0 saturated carbocycles. The SMILES string of the molecule is CO[C@]12C[C@@H]3C/C(=C/COCOCC[Si](C)(C)C)C[C@H](/C=C/C(C)(C)C(=O)C/C(=C/CO[Si](c4ccccc4)(c4ccccc4)C(C)(C)C)C[C@H](O[Si](C)(C)C(C)(C)C)C[C@H]([C@@H](C)O[Si](C)(C)C(C)(C)C)OC(=O)C[C@H](OCOCC[Si](C)(C)C)C[C@H](C[C@H](OCc4ccccc4)C1(C)C)O2)O3. The summed E-state index contributed by atoms with van der Waals surface area (Å²) in [5.41, 5.74) is 1.40. The van der Waals surface area contributed by atoms with Crippen molar-refractivity contribution in [2.75, 3.05) is 47.1 Å². The number of ketones is 1. The number of carbonyl (C=O) groups is 2. The lowest BCUT2D eigenvalue weighted by atomic mass is 9.70. The number of fused-ring (bicyclic) bond motifs is 4. The smallest absolute Gasteiger partial charge is 0.308 e. The number of cyclic esters (lactones) is 1. The molecule has 574 valence electrons. The Morgan fingerprint density at radius 2 is 1.16 bits per heavy atom. The van der Waals surface area contributed by atoms with Gasteiger partial charge in [0.15, 0.2) is 22.4 Å². The van der Waals surface area contributed by atoms with E-state index in [1.165, 1.54) is 10.4 Å². The molecule has 3 aromatic carbocycles. The number of hydrogen-bond donors (Lipinski definition) is 0. The predicted molar refractivity (Wildman–Crippen MR) is 430 cm³/mol. The van der Waals surface area contributed by atoms with Crippen molar-refractivity contribution in [1.82, 2.24) is 0 Å². The number of ether oxygens (including phenoxy) is 9. The first-order valence-electron chi connectivity index (χ1n) is 38.1. The molecule has 0 radical (unpaired) electrons. The van der Waals surface area contributed by atoms with Crippen molar-refractivity contribution in [2.45, 2.75) is 309 Å². The van der Waals surface area contributed by atoms with Gasteiger partial charge in [-0.05, 0) is 109 Å². The van der Waals surface area contributed by atoms with Crippen LogP contribution in [0.5, 0.6) is 0 Å². The third-order valence-corrected chi connectivity index (χ3v) is 39.8. The standard InChI is InChI=1S/C83H138O14Si5/c1-63(96-100(22,23)78(2,3)4)74-56-70(97-101(24,25)79(5,6)7)52-66(43-46-92-102(80(8,9)10,72-37-31-27-32-38-72)73-39-33-28-34-40-73)54-75(84)81(11,12)44-41-67-51-65(42-45-87-61-88-47-49-98(16,17)18)53-71(93-67)59-83(86-15)82(13,14)76(90-60-64-35-29-26-30-36-64)57-69(95-83)55-68(58-77(85)94-74)91-62-89-48-50-99(19,20)21/h26-44,63,67-71,74,76H,45-62H2,1-25H3/b44-41+,65-42+,66-43+/t63-,67+,68-,69-,70+,71+,74-,76+,83+/m1/s1. The molecule has 14 nitrogen and oxygen atoms in total. The second-order valence-electron chi connectivity index (χ2n) is 37.1. The minimum atomic E-state index is -3.05. The Morgan fingerprint density at radius 3 is 1.71 bits per heavy atom. The summed E-state index contributed by atoms with van der Waals surface area (Å²) in [7, 11) is -9.18. The first kappa shape index (κ1) is 87.6. The number of methoxy groups -OCH3 is 1. The molecule has 4 bridgehead atoms.